The molecule has 1 saturated heterocycles. The first-order valence-electron chi connectivity index (χ1n) is 9.58. The van der Waals surface area contributed by atoms with Gasteiger partial charge in [-0.3, -0.25) is 9.69 Å². The van der Waals surface area contributed by atoms with Crippen LogP contribution < -0.4 is 15.0 Å². The number of rotatable bonds is 7. The first-order valence-corrected chi connectivity index (χ1v) is 9.58. The average molecular weight is 367 g/mol. The highest BCUT2D eigenvalue weighted by Gasteiger charge is 2.19. The summed E-state index contributed by atoms with van der Waals surface area (Å²) >= 11 is 0. The number of nitrogens with zero attached hydrogens (tertiary/aromatic N) is 2. The number of hydrogen-bond acceptors (Lipinski definition) is 4. The molecule has 2 aromatic carbocycles. The minimum absolute atomic E-state index is 0.114. The largest absolute Gasteiger partial charge is 0.495 e. The third kappa shape index (κ3) is 5.47. The van der Waals surface area contributed by atoms with Gasteiger partial charge in [-0.1, -0.05) is 42.0 Å². The number of nitrogens with one attached hydrogen (secondary N) is 1. The van der Waals surface area contributed by atoms with E-state index in [1.165, 1.54) is 5.56 Å². The quantitative estimate of drug-likeness (QED) is 0.817. The minimum atomic E-state index is 0.114. The van der Waals surface area contributed by atoms with Crippen LogP contribution in [0.5, 0.6) is 5.75 Å². The number of para-hydroxylation sites is 2. The predicted octanol–water partition coefficient (Wildman–Crippen LogP) is 2.83. The number of carbonyl (C=O) groups excluding carboxylic acids is 1. The van der Waals surface area contributed by atoms with Crippen molar-refractivity contribution in [3.05, 3.63) is 59.7 Å². The molecule has 1 amide bonds. The number of benzene rings is 2. The van der Waals surface area contributed by atoms with Crippen LogP contribution in [-0.2, 0) is 11.3 Å². The lowest BCUT2D eigenvalue weighted by Gasteiger charge is -2.36. The van der Waals surface area contributed by atoms with E-state index in [-0.39, 0.29) is 5.91 Å². The van der Waals surface area contributed by atoms with Crippen molar-refractivity contribution in [1.29, 1.82) is 0 Å². The number of ether oxygens (including phenoxy) is 1. The molecule has 0 bridgehead atoms. The van der Waals surface area contributed by atoms with Crippen LogP contribution >= 0.6 is 0 Å². The number of piperazine rings is 1. The van der Waals surface area contributed by atoms with E-state index in [1.807, 2.05) is 18.2 Å². The summed E-state index contributed by atoms with van der Waals surface area (Å²) in [5, 5.41) is 3.02. The fourth-order valence-electron chi connectivity index (χ4n) is 3.36. The summed E-state index contributed by atoms with van der Waals surface area (Å²) in [4.78, 5) is 16.8. The minimum Gasteiger partial charge on any atom is -0.495 e. The van der Waals surface area contributed by atoms with Gasteiger partial charge in [0.1, 0.15) is 5.75 Å². The fraction of sp³-hybridized carbons (Fsp3) is 0.409. The molecule has 5 heteroatoms. The van der Waals surface area contributed by atoms with Crippen molar-refractivity contribution in [3.63, 3.8) is 0 Å². The lowest BCUT2D eigenvalue weighted by Crippen LogP contribution is -2.47. The number of amides is 1. The summed E-state index contributed by atoms with van der Waals surface area (Å²) < 4.78 is 5.47. The van der Waals surface area contributed by atoms with E-state index in [9.17, 15) is 4.79 Å². The van der Waals surface area contributed by atoms with Gasteiger partial charge >= 0.3 is 0 Å². The van der Waals surface area contributed by atoms with Gasteiger partial charge in [0, 0.05) is 45.7 Å². The Morgan fingerprint density at radius 3 is 2.44 bits per heavy atom. The van der Waals surface area contributed by atoms with Gasteiger partial charge in [-0.15, -0.1) is 0 Å². The first-order chi connectivity index (χ1) is 13.2. The molecule has 0 saturated carbocycles. The monoisotopic (exact) mass is 367 g/mol. The topological polar surface area (TPSA) is 44.8 Å². The average Bonchev–Trinajstić information content (AvgIpc) is 2.72. The third-order valence-corrected chi connectivity index (χ3v) is 5.06. The Labute approximate surface area is 161 Å². The van der Waals surface area contributed by atoms with Crippen LogP contribution in [0.4, 0.5) is 5.69 Å². The maximum absolute atomic E-state index is 12.1. The Kier molecular flexibility index (Phi) is 6.71. The van der Waals surface area contributed by atoms with Gasteiger partial charge in [-0.05, 0) is 24.6 Å². The van der Waals surface area contributed by atoms with Crippen LogP contribution in [0.15, 0.2) is 48.5 Å². The number of aryl methyl sites for hydroxylation is 1. The molecule has 3 rings (SSSR count). The second-order valence-corrected chi connectivity index (χ2v) is 7.01. The number of anilines is 1. The highest BCUT2D eigenvalue weighted by molar-refractivity contribution is 5.76. The molecule has 0 spiro atoms. The molecule has 1 heterocycles. The lowest BCUT2D eigenvalue weighted by molar-refractivity contribution is -0.121. The Hall–Kier alpha value is -2.53. The van der Waals surface area contributed by atoms with Gasteiger partial charge in [-0.2, -0.15) is 0 Å². The van der Waals surface area contributed by atoms with Crippen LogP contribution in [0.2, 0.25) is 0 Å². The van der Waals surface area contributed by atoms with Crippen LogP contribution in [0.1, 0.15) is 17.5 Å². The molecule has 1 fully saturated rings. The van der Waals surface area contributed by atoms with E-state index < -0.39 is 0 Å². The van der Waals surface area contributed by atoms with E-state index in [2.05, 4.69) is 52.4 Å². The van der Waals surface area contributed by atoms with E-state index in [0.717, 1.165) is 49.7 Å². The SMILES string of the molecule is COc1ccccc1N1CCN(CCC(=O)NCc2ccc(C)cc2)CC1. The normalized spacial score (nSPS) is 14.8. The van der Waals surface area contributed by atoms with Gasteiger partial charge in [0.25, 0.3) is 0 Å². The molecular formula is C22H29N3O2. The Morgan fingerprint density at radius 1 is 1.04 bits per heavy atom. The van der Waals surface area contributed by atoms with Crippen molar-refractivity contribution in [1.82, 2.24) is 10.2 Å². The smallest absolute Gasteiger partial charge is 0.221 e. The first kappa shape index (κ1) is 19.2. The summed E-state index contributed by atoms with van der Waals surface area (Å²) in [6.07, 6.45) is 0.542. The highest BCUT2D eigenvalue weighted by atomic mass is 16.5. The molecule has 0 unspecified atom stereocenters. The highest BCUT2D eigenvalue weighted by Crippen LogP contribution is 2.28. The van der Waals surface area contributed by atoms with Crippen molar-refractivity contribution < 1.29 is 9.53 Å². The van der Waals surface area contributed by atoms with Crippen molar-refractivity contribution in [2.75, 3.05) is 44.7 Å². The van der Waals surface area contributed by atoms with E-state index in [0.29, 0.717) is 13.0 Å². The molecule has 5 nitrogen and oxygen atoms in total. The zero-order valence-corrected chi connectivity index (χ0v) is 16.3. The second-order valence-electron chi connectivity index (χ2n) is 7.01. The van der Waals surface area contributed by atoms with Crippen molar-refractivity contribution in [2.45, 2.75) is 19.9 Å². The molecule has 0 radical (unpaired) electrons. The summed E-state index contributed by atoms with van der Waals surface area (Å²) in [5.74, 6) is 1.03. The van der Waals surface area contributed by atoms with Crippen molar-refractivity contribution in [3.8, 4) is 5.75 Å². The predicted molar refractivity (Wildman–Crippen MR) is 109 cm³/mol. The Balaban J connectivity index is 1.39. The molecule has 1 aliphatic heterocycles. The zero-order valence-electron chi connectivity index (χ0n) is 16.3. The van der Waals surface area contributed by atoms with Gasteiger partial charge in [-0.25, -0.2) is 0 Å². The zero-order chi connectivity index (χ0) is 19.1. The van der Waals surface area contributed by atoms with Gasteiger partial charge in [0.2, 0.25) is 5.91 Å². The Bertz CT molecular complexity index is 737. The molecule has 27 heavy (non-hydrogen) atoms. The standard InChI is InChI=1S/C22H29N3O2/c1-18-7-9-19(10-8-18)17-23-22(26)11-12-24-13-15-25(16-14-24)20-5-3-4-6-21(20)27-2/h3-10H,11-17H2,1-2H3,(H,23,26). The van der Waals surface area contributed by atoms with Crippen LogP contribution in [0.3, 0.4) is 0 Å². The lowest BCUT2D eigenvalue weighted by atomic mass is 10.1. The molecule has 144 valence electrons. The van der Waals surface area contributed by atoms with Gasteiger partial charge in [0.15, 0.2) is 0 Å². The molecule has 0 aromatic heterocycles. The molecular weight excluding hydrogens is 338 g/mol. The summed E-state index contributed by atoms with van der Waals surface area (Å²) in [6, 6.07) is 16.4. The van der Waals surface area contributed by atoms with Crippen LogP contribution in [0.25, 0.3) is 0 Å². The molecule has 2 aromatic rings. The maximum Gasteiger partial charge on any atom is 0.221 e. The molecule has 0 atom stereocenters. The van der Waals surface area contributed by atoms with Crippen LogP contribution in [0, 0.1) is 6.92 Å². The maximum atomic E-state index is 12.1. The molecule has 1 aliphatic rings. The van der Waals surface area contributed by atoms with E-state index in [1.54, 1.807) is 7.11 Å². The fourth-order valence-corrected chi connectivity index (χ4v) is 3.36. The summed E-state index contributed by atoms with van der Waals surface area (Å²) in [7, 11) is 1.71. The Morgan fingerprint density at radius 2 is 1.74 bits per heavy atom. The van der Waals surface area contributed by atoms with Crippen molar-refractivity contribution in [2.24, 2.45) is 0 Å². The number of hydrogen-bond donors (Lipinski definition) is 1. The van der Waals surface area contributed by atoms with Gasteiger partial charge < -0.3 is 15.0 Å². The molecule has 1 N–H and O–H groups in total. The number of carbonyl (C=O) groups is 1. The van der Waals surface area contributed by atoms with Gasteiger partial charge in [0.05, 0.1) is 12.8 Å². The summed E-state index contributed by atoms with van der Waals surface area (Å²) in [6.45, 7) is 7.29. The number of methoxy groups -OCH3 is 1. The summed E-state index contributed by atoms with van der Waals surface area (Å²) in [5.41, 5.74) is 3.52. The third-order valence-electron chi connectivity index (χ3n) is 5.06. The van der Waals surface area contributed by atoms with E-state index in [4.69, 9.17) is 4.74 Å². The van der Waals surface area contributed by atoms with E-state index >= 15 is 0 Å². The second kappa shape index (κ2) is 9.42. The van der Waals surface area contributed by atoms with Crippen molar-refractivity contribution >= 4 is 11.6 Å². The molecule has 0 aliphatic carbocycles. The van der Waals surface area contributed by atoms with Crippen LogP contribution in [-0.4, -0.2) is 50.6 Å².